The fourth-order valence-electron chi connectivity index (χ4n) is 5.37. The smallest absolute Gasteiger partial charge is 0.331 e. The number of benzene rings is 2. The van der Waals surface area contributed by atoms with E-state index in [1.54, 1.807) is 6.20 Å². The molecule has 3 aliphatic rings. The van der Waals surface area contributed by atoms with Crippen LogP contribution in [-0.2, 0) is 30.3 Å². The van der Waals surface area contributed by atoms with Crippen LogP contribution in [0.15, 0.2) is 84.7 Å². The predicted octanol–water partition coefficient (Wildman–Crippen LogP) is 2.91. The maximum Gasteiger partial charge on any atom is 0.331 e. The van der Waals surface area contributed by atoms with E-state index in [9.17, 15) is 19.2 Å². The molecule has 2 unspecified atom stereocenters. The van der Waals surface area contributed by atoms with E-state index < -0.39 is 28.9 Å². The van der Waals surface area contributed by atoms with E-state index in [2.05, 4.69) is 10.6 Å². The van der Waals surface area contributed by atoms with Crippen molar-refractivity contribution in [3.8, 4) is 0 Å². The second kappa shape index (κ2) is 11.8. The molecule has 4 atom stereocenters. The normalized spacial score (nSPS) is 23.1. The summed E-state index contributed by atoms with van der Waals surface area (Å²) < 4.78 is 5.37. The van der Waals surface area contributed by atoms with Crippen LogP contribution in [0.3, 0.4) is 0 Å². The topological polar surface area (TPSA) is 108 Å². The van der Waals surface area contributed by atoms with Crippen LogP contribution in [0.4, 0.5) is 0 Å². The summed E-state index contributed by atoms with van der Waals surface area (Å²) in [5.41, 5.74) is 2.20. The van der Waals surface area contributed by atoms with Gasteiger partial charge in [0.05, 0.1) is 13.0 Å². The van der Waals surface area contributed by atoms with Gasteiger partial charge in [-0.25, -0.2) is 4.79 Å². The Morgan fingerprint density at radius 3 is 2.44 bits per heavy atom. The maximum absolute atomic E-state index is 13.7. The molecular formula is C31H34N4O5S. The minimum atomic E-state index is -0.839. The number of carbonyl (C=O) groups excluding carboxylic acids is 4. The van der Waals surface area contributed by atoms with E-state index in [4.69, 9.17) is 4.74 Å². The van der Waals surface area contributed by atoms with Gasteiger partial charge in [-0.05, 0) is 37.6 Å². The number of rotatable bonds is 9. The second-order valence-corrected chi connectivity index (χ2v) is 12.7. The molecule has 2 aromatic rings. The monoisotopic (exact) mass is 574 g/mol. The van der Waals surface area contributed by atoms with Gasteiger partial charge in [-0.2, -0.15) is 0 Å². The molecule has 0 aliphatic carbocycles. The number of hydrogen-bond acceptors (Lipinski definition) is 7. The summed E-state index contributed by atoms with van der Waals surface area (Å²) in [6.45, 7) is 3.88. The van der Waals surface area contributed by atoms with E-state index in [0.717, 1.165) is 11.1 Å². The van der Waals surface area contributed by atoms with Gasteiger partial charge in [-0.3, -0.25) is 14.4 Å². The van der Waals surface area contributed by atoms with E-state index in [-0.39, 0.29) is 36.1 Å². The average Bonchev–Trinajstić information content (AvgIpc) is 3.22. The number of fused-ring (bicyclic) bond motifs is 1. The molecular weight excluding hydrogens is 540 g/mol. The Bertz CT molecular complexity index is 1380. The van der Waals surface area contributed by atoms with Gasteiger partial charge >= 0.3 is 5.97 Å². The number of allylic oxidation sites excluding steroid dienone is 1. The Morgan fingerprint density at radius 2 is 1.76 bits per heavy atom. The lowest BCUT2D eigenvalue weighted by molar-refractivity contribution is -0.168. The van der Waals surface area contributed by atoms with Crippen LogP contribution >= 0.6 is 11.8 Å². The number of hydrogen-bond donors (Lipinski definition) is 2. The molecule has 2 N–H and O–H groups in total. The Kier molecular flexibility index (Phi) is 8.21. The molecule has 41 heavy (non-hydrogen) atoms. The van der Waals surface area contributed by atoms with Gasteiger partial charge in [0.2, 0.25) is 17.7 Å². The van der Waals surface area contributed by atoms with Gasteiger partial charge in [0, 0.05) is 23.6 Å². The Morgan fingerprint density at radius 1 is 1.07 bits per heavy atom. The van der Waals surface area contributed by atoms with Crippen molar-refractivity contribution >= 4 is 35.5 Å². The summed E-state index contributed by atoms with van der Waals surface area (Å²) in [5.74, 6) is -1.33. The van der Waals surface area contributed by atoms with Crippen LogP contribution in [0.5, 0.6) is 0 Å². The van der Waals surface area contributed by atoms with Crippen molar-refractivity contribution < 1.29 is 23.9 Å². The van der Waals surface area contributed by atoms with Crippen molar-refractivity contribution in [3.05, 3.63) is 95.8 Å². The van der Waals surface area contributed by atoms with E-state index in [1.807, 2.05) is 98.7 Å². The van der Waals surface area contributed by atoms with Crippen molar-refractivity contribution in [3.63, 3.8) is 0 Å². The molecule has 5 rings (SSSR count). The lowest BCUT2D eigenvalue weighted by Gasteiger charge is -2.44. The largest absolute Gasteiger partial charge is 0.454 e. The number of β-lactam (4-membered cyclic amide) rings is 1. The van der Waals surface area contributed by atoms with E-state index in [0.29, 0.717) is 12.0 Å². The highest BCUT2D eigenvalue weighted by Gasteiger charge is 2.64. The van der Waals surface area contributed by atoms with Crippen molar-refractivity contribution in [2.75, 3.05) is 13.6 Å². The zero-order chi connectivity index (χ0) is 29.1. The fourth-order valence-corrected chi connectivity index (χ4v) is 6.99. The summed E-state index contributed by atoms with van der Waals surface area (Å²) >= 11 is 1.48. The number of nitrogens with zero attached hydrogens (tertiary/aromatic N) is 2. The van der Waals surface area contributed by atoms with Crippen molar-refractivity contribution in [1.82, 2.24) is 20.4 Å². The molecule has 0 radical (unpaired) electrons. The number of nitrogens with one attached hydrogen (secondary N) is 2. The first-order valence-electron chi connectivity index (χ1n) is 13.6. The summed E-state index contributed by atoms with van der Waals surface area (Å²) in [4.78, 5) is 55.7. The summed E-state index contributed by atoms with van der Waals surface area (Å²) in [5, 5.41) is 5.39. The first-order valence-corrected chi connectivity index (χ1v) is 14.5. The SMILES string of the molecule is CN1C=CCC(C(=O)NCC(OC(=O)C2N3C(=O)[C@@H](NC(=O)Cc4ccccc4)[C@H]3SC2(C)C)c2ccccc2)=C1. The molecule has 0 saturated carbocycles. The Hall–Kier alpha value is -4.05. The molecule has 9 nitrogen and oxygen atoms in total. The maximum atomic E-state index is 13.7. The zero-order valence-corrected chi connectivity index (χ0v) is 24.1. The first kappa shape index (κ1) is 28.5. The molecule has 2 saturated heterocycles. The molecule has 2 aromatic carbocycles. The Labute approximate surface area is 244 Å². The third-order valence-electron chi connectivity index (χ3n) is 7.40. The van der Waals surface area contributed by atoms with E-state index >= 15 is 0 Å². The molecule has 3 amide bonds. The van der Waals surface area contributed by atoms with Gasteiger partial charge in [0.25, 0.3) is 0 Å². The highest BCUT2D eigenvalue weighted by molar-refractivity contribution is 8.01. The van der Waals surface area contributed by atoms with Crippen molar-refractivity contribution in [1.29, 1.82) is 0 Å². The zero-order valence-electron chi connectivity index (χ0n) is 23.3. The van der Waals surface area contributed by atoms with Crippen LogP contribution in [0.25, 0.3) is 0 Å². The molecule has 214 valence electrons. The highest BCUT2D eigenvalue weighted by atomic mass is 32.2. The van der Waals surface area contributed by atoms with Crippen LogP contribution in [0.2, 0.25) is 0 Å². The second-order valence-electron chi connectivity index (χ2n) is 10.9. The lowest BCUT2D eigenvalue weighted by atomic mass is 9.95. The number of amides is 3. The molecule has 0 spiro atoms. The fraction of sp³-hybridized carbons (Fsp3) is 0.355. The molecule has 3 heterocycles. The van der Waals surface area contributed by atoms with Crippen molar-refractivity contribution in [2.45, 2.75) is 55.0 Å². The third-order valence-corrected chi connectivity index (χ3v) is 8.97. The van der Waals surface area contributed by atoms with Crippen LogP contribution in [-0.4, -0.2) is 69.3 Å². The van der Waals surface area contributed by atoms with Gasteiger partial charge in [-0.1, -0.05) is 66.7 Å². The number of thioether (sulfide) groups is 1. The van der Waals surface area contributed by atoms with Gasteiger partial charge in [-0.15, -0.1) is 11.8 Å². The minimum absolute atomic E-state index is 0.0786. The van der Waals surface area contributed by atoms with Gasteiger partial charge in [0.15, 0.2) is 0 Å². The van der Waals surface area contributed by atoms with Crippen LogP contribution in [0, 0.1) is 0 Å². The average molecular weight is 575 g/mol. The first-order chi connectivity index (χ1) is 19.6. The van der Waals surface area contributed by atoms with Crippen molar-refractivity contribution in [2.24, 2.45) is 0 Å². The number of esters is 1. The predicted molar refractivity (Wildman–Crippen MR) is 156 cm³/mol. The minimum Gasteiger partial charge on any atom is -0.454 e. The van der Waals surface area contributed by atoms with Crippen LogP contribution < -0.4 is 10.6 Å². The molecule has 10 heteroatoms. The quantitative estimate of drug-likeness (QED) is 0.350. The summed E-state index contributed by atoms with van der Waals surface area (Å²) in [6.07, 6.45) is 5.49. The highest BCUT2D eigenvalue weighted by Crippen LogP contribution is 2.51. The van der Waals surface area contributed by atoms with Gasteiger partial charge in [0.1, 0.15) is 23.6 Å². The summed E-state index contributed by atoms with van der Waals surface area (Å²) in [6, 6.07) is 17.0. The van der Waals surface area contributed by atoms with Crippen LogP contribution in [0.1, 0.15) is 37.5 Å². The van der Waals surface area contributed by atoms with Gasteiger partial charge < -0.3 is 25.2 Å². The molecule has 0 aromatic heterocycles. The number of ether oxygens (including phenoxy) is 1. The molecule has 3 aliphatic heterocycles. The molecule has 2 fully saturated rings. The summed E-state index contributed by atoms with van der Waals surface area (Å²) in [7, 11) is 1.85. The molecule has 0 bridgehead atoms. The van der Waals surface area contributed by atoms with E-state index in [1.165, 1.54) is 16.7 Å². The standard InChI is InChI=1S/C31H34N4O5S/c1-31(2)26(35-28(38)25(29(35)41-31)33-24(36)17-20-11-6-4-7-12-20)30(39)40-23(21-13-8-5-9-14-21)18-32-27(37)22-15-10-16-34(3)19-22/h4-14,16,19,23,25-26,29H,15,17-18H2,1-3H3,(H,32,37)(H,33,36)/t23?,25-,26?,29-/m1/s1. The lowest BCUT2D eigenvalue weighted by Crippen LogP contribution is -2.70. The number of carbonyl (C=O) groups is 4. The Balaban J connectivity index is 1.25. The third kappa shape index (κ3) is 6.17.